The number of carbonyl (C=O) groups is 1. The molecule has 0 aliphatic rings. The first kappa shape index (κ1) is 14.5. The summed E-state index contributed by atoms with van der Waals surface area (Å²) in [5.74, 6) is -0.614. The van der Waals surface area contributed by atoms with E-state index in [9.17, 15) is 9.90 Å². The molecule has 2 aromatic rings. The molecule has 1 unspecified atom stereocenters. The molecule has 1 atom stereocenters. The lowest BCUT2D eigenvalue weighted by Crippen LogP contribution is -2.21. The van der Waals surface area contributed by atoms with Crippen molar-refractivity contribution in [1.82, 2.24) is 9.55 Å². The van der Waals surface area contributed by atoms with Crippen molar-refractivity contribution in [3.05, 3.63) is 30.1 Å². The number of carboxylic acids is 1. The maximum atomic E-state index is 11.4. The minimum atomic E-state index is -0.934. The van der Waals surface area contributed by atoms with Crippen LogP contribution in [0.4, 0.5) is 0 Å². The van der Waals surface area contributed by atoms with Gasteiger partial charge in [0.25, 0.3) is 0 Å². The quantitative estimate of drug-likeness (QED) is 0.881. The van der Waals surface area contributed by atoms with Gasteiger partial charge in [0.05, 0.1) is 35.6 Å². The molecule has 0 spiro atoms. The van der Waals surface area contributed by atoms with Gasteiger partial charge < -0.3 is 14.4 Å². The van der Waals surface area contributed by atoms with Crippen LogP contribution in [0.1, 0.15) is 37.2 Å². The van der Waals surface area contributed by atoms with Gasteiger partial charge in [-0.05, 0) is 25.0 Å². The monoisotopic (exact) mass is 276 g/mol. The van der Waals surface area contributed by atoms with E-state index in [0.29, 0.717) is 30.2 Å². The Kier molecular flexibility index (Phi) is 4.39. The summed E-state index contributed by atoms with van der Waals surface area (Å²) in [4.78, 5) is 15.7. The lowest BCUT2D eigenvalue weighted by atomic mass is 10.0. The molecule has 5 heteroatoms. The van der Waals surface area contributed by atoms with Gasteiger partial charge in [-0.3, -0.25) is 0 Å². The normalized spacial score (nSPS) is 13.0. The molecule has 108 valence electrons. The second kappa shape index (κ2) is 6.05. The van der Waals surface area contributed by atoms with Gasteiger partial charge in [-0.15, -0.1) is 0 Å². The van der Waals surface area contributed by atoms with Crippen LogP contribution in [0.15, 0.2) is 24.5 Å². The maximum Gasteiger partial charge on any atom is 0.337 e. The third kappa shape index (κ3) is 2.67. The fourth-order valence-electron chi connectivity index (χ4n) is 2.35. The molecule has 1 N–H and O–H groups in total. The second-order valence-corrected chi connectivity index (χ2v) is 5.10. The first-order valence-electron chi connectivity index (χ1n) is 6.82. The van der Waals surface area contributed by atoms with Gasteiger partial charge in [-0.1, -0.05) is 19.9 Å². The summed E-state index contributed by atoms with van der Waals surface area (Å²) in [6, 6.07) is 5.23. The van der Waals surface area contributed by atoms with Gasteiger partial charge in [0, 0.05) is 6.61 Å². The highest BCUT2D eigenvalue weighted by molar-refractivity contribution is 6.01. The largest absolute Gasteiger partial charge is 0.478 e. The standard InChI is InChI=1S/C15H20N2O3/c1-4-20-8-13(10(2)3)17-9-16-12-7-5-6-11(14(12)17)15(18)19/h5-7,9-10,13H,4,8H2,1-3H3,(H,18,19). The number of rotatable bonds is 6. The van der Waals surface area contributed by atoms with E-state index in [1.807, 2.05) is 17.6 Å². The van der Waals surface area contributed by atoms with Gasteiger partial charge in [0.15, 0.2) is 0 Å². The van der Waals surface area contributed by atoms with Crippen molar-refractivity contribution in [1.29, 1.82) is 0 Å². The van der Waals surface area contributed by atoms with E-state index in [0.717, 1.165) is 0 Å². The highest BCUT2D eigenvalue weighted by Crippen LogP contribution is 2.26. The predicted molar refractivity (Wildman–Crippen MR) is 77.1 cm³/mol. The SMILES string of the molecule is CCOCC(C(C)C)n1cnc2cccc(C(=O)O)c21. The minimum absolute atomic E-state index is 0.0699. The summed E-state index contributed by atoms with van der Waals surface area (Å²) in [7, 11) is 0. The van der Waals surface area contributed by atoms with Gasteiger partial charge in [-0.2, -0.15) is 0 Å². The fourth-order valence-corrected chi connectivity index (χ4v) is 2.35. The molecule has 0 aliphatic carbocycles. The summed E-state index contributed by atoms with van der Waals surface area (Å²) in [6.45, 7) is 7.33. The topological polar surface area (TPSA) is 64.4 Å². The third-order valence-electron chi connectivity index (χ3n) is 3.44. The molecule has 2 rings (SSSR count). The Morgan fingerprint density at radius 3 is 2.80 bits per heavy atom. The number of benzene rings is 1. The molecule has 1 aromatic heterocycles. The van der Waals surface area contributed by atoms with Crippen molar-refractivity contribution in [3.63, 3.8) is 0 Å². The van der Waals surface area contributed by atoms with Gasteiger partial charge >= 0.3 is 5.97 Å². The summed E-state index contributed by atoms with van der Waals surface area (Å²) >= 11 is 0. The molecule has 0 saturated carbocycles. The first-order chi connectivity index (χ1) is 9.56. The average molecular weight is 276 g/mol. The van der Waals surface area contributed by atoms with Crippen LogP contribution < -0.4 is 0 Å². The molecule has 1 aromatic carbocycles. The number of aromatic nitrogens is 2. The zero-order valence-corrected chi connectivity index (χ0v) is 12.0. The predicted octanol–water partition coefficient (Wildman–Crippen LogP) is 2.97. The van der Waals surface area contributed by atoms with E-state index < -0.39 is 5.97 Å². The molecule has 0 aliphatic heterocycles. The number of nitrogens with zero attached hydrogens (tertiary/aromatic N) is 2. The van der Waals surface area contributed by atoms with E-state index >= 15 is 0 Å². The smallest absolute Gasteiger partial charge is 0.337 e. The van der Waals surface area contributed by atoms with Crippen LogP contribution in [0.25, 0.3) is 11.0 Å². The Hall–Kier alpha value is -1.88. The third-order valence-corrected chi connectivity index (χ3v) is 3.44. The van der Waals surface area contributed by atoms with E-state index in [2.05, 4.69) is 18.8 Å². The molecule has 0 amide bonds. The van der Waals surface area contributed by atoms with Crippen LogP contribution in [0.3, 0.4) is 0 Å². The molecule has 0 bridgehead atoms. The Morgan fingerprint density at radius 2 is 2.20 bits per heavy atom. The number of hydrogen-bond donors (Lipinski definition) is 1. The van der Waals surface area contributed by atoms with Gasteiger partial charge in [-0.25, -0.2) is 9.78 Å². The van der Waals surface area contributed by atoms with Crippen molar-refractivity contribution in [2.45, 2.75) is 26.8 Å². The number of fused-ring (bicyclic) bond motifs is 1. The molecule has 20 heavy (non-hydrogen) atoms. The maximum absolute atomic E-state index is 11.4. The van der Waals surface area contributed by atoms with E-state index in [1.54, 1.807) is 18.5 Å². The van der Waals surface area contributed by atoms with E-state index in [4.69, 9.17) is 4.74 Å². The first-order valence-corrected chi connectivity index (χ1v) is 6.82. The molecule has 1 heterocycles. The molecular formula is C15H20N2O3. The Balaban J connectivity index is 2.54. The fraction of sp³-hybridized carbons (Fsp3) is 0.467. The zero-order chi connectivity index (χ0) is 14.7. The van der Waals surface area contributed by atoms with Crippen molar-refractivity contribution in [3.8, 4) is 0 Å². The number of imidazole rings is 1. The van der Waals surface area contributed by atoms with Crippen molar-refractivity contribution < 1.29 is 14.6 Å². The number of para-hydroxylation sites is 1. The van der Waals surface area contributed by atoms with Crippen LogP contribution in [0, 0.1) is 5.92 Å². The van der Waals surface area contributed by atoms with Crippen molar-refractivity contribution in [2.75, 3.05) is 13.2 Å². The summed E-state index contributed by atoms with van der Waals surface area (Å²) in [6.07, 6.45) is 1.71. The van der Waals surface area contributed by atoms with Crippen LogP contribution in [-0.2, 0) is 4.74 Å². The number of carboxylic acid groups (broad SMARTS) is 1. The van der Waals surface area contributed by atoms with Crippen molar-refractivity contribution in [2.24, 2.45) is 5.92 Å². The Morgan fingerprint density at radius 1 is 1.45 bits per heavy atom. The van der Waals surface area contributed by atoms with Gasteiger partial charge in [0.1, 0.15) is 0 Å². The zero-order valence-electron chi connectivity index (χ0n) is 12.0. The number of ether oxygens (including phenoxy) is 1. The molecular weight excluding hydrogens is 256 g/mol. The Bertz CT molecular complexity index is 604. The number of hydrogen-bond acceptors (Lipinski definition) is 3. The highest BCUT2D eigenvalue weighted by atomic mass is 16.5. The van der Waals surface area contributed by atoms with E-state index in [1.165, 1.54) is 0 Å². The molecule has 0 saturated heterocycles. The lowest BCUT2D eigenvalue weighted by Gasteiger charge is -2.23. The van der Waals surface area contributed by atoms with Crippen LogP contribution in [-0.4, -0.2) is 33.8 Å². The van der Waals surface area contributed by atoms with Crippen molar-refractivity contribution >= 4 is 17.0 Å². The van der Waals surface area contributed by atoms with Gasteiger partial charge in [0.2, 0.25) is 0 Å². The van der Waals surface area contributed by atoms with Crippen LogP contribution >= 0.6 is 0 Å². The van der Waals surface area contributed by atoms with Crippen LogP contribution in [0.5, 0.6) is 0 Å². The average Bonchev–Trinajstić information content (AvgIpc) is 2.82. The summed E-state index contributed by atoms with van der Waals surface area (Å²) in [5, 5.41) is 9.35. The summed E-state index contributed by atoms with van der Waals surface area (Å²) in [5.41, 5.74) is 1.65. The number of aromatic carboxylic acids is 1. The lowest BCUT2D eigenvalue weighted by molar-refractivity contribution is 0.0697. The molecule has 5 nitrogen and oxygen atoms in total. The minimum Gasteiger partial charge on any atom is -0.478 e. The highest BCUT2D eigenvalue weighted by Gasteiger charge is 2.21. The second-order valence-electron chi connectivity index (χ2n) is 5.10. The van der Waals surface area contributed by atoms with Crippen LogP contribution in [0.2, 0.25) is 0 Å². The van der Waals surface area contributed by atoms with E-state index in [-0.39, 0.29) is 11.6 Å². The Labute approximate surface area is 118 Å². The summed E-state index contributed by atoms with van der Waals surface area (Å²) < 4.78 is 7.46. The molecule has 0 fully saturated rings. The molecule has 0 radical (unpaired) electrons.